The van der Waals surface area contributed by atoms with E-state index in [9.17, 15) is 9.90 Å². The number of quaternary nitrogens is 1. The minimum absolute atomic E-state index is 0.132. The lowest BCUT2D eigenvalue weighted by molar-refractivity contribution is -0.922. The monoisotopic (exact) mass is 545 g/mol. The van der Waals surface area contributed by atoms with E-state index in [-0.39, 0.29) is 12.0 Å². The minimum Gasteiger partial charge on any atom is -0.471 e. The van der Waals surface area contributed by atoms with Gasteiger partial charge in [0.25, 0.3) is 5.91 Å². The predicted molar refractivity (Wildman–Crippen MR) is 155 cm³/mol. The Labute approximate surface area is 235 Å². The molecule has 1 amide bonds. The van der Waals surface area contributed by atoms with Gasteiger partial charge in [-0.25, -0.2) is 14.5 Å². The zero-order valence-electron chi connectivity index (χ0n) is 23.8. The van der Waals surface area contributed by atoms with Gasteiger partial charge < -0.3 is 20.1 Å². The molecule has 0 bridgehead atoms. The Balaban J connectivity index is 1.27. The number of aromatic nitrogens is 4. The smallest absolute Gasteiger partial charge is 0.255 e. The summed E-state index contributed by atoms with van der Waals surface area (Å²) in [6.45, 7) is 3.19. The summed E-state index contributed by atoms with van der Waals surface area (Å²) in [5.74, 6) is 0.118. The molecule has 0 radical (unpaired) electrons. The van der Waals surface area contributed by atoms with E-state index in [1.54, 1.807) is 4.52 Å². The number of benzene rings is 1. The molecule has 212 valence electrons. The molecule has 1 aliphatic rings. The molecular formula is C31H41N6O3+. The lowest BCUT2D eigenvalue weighted by Crippen LogP contribution is -2.68. The zero-order valence-corrected chi connectivity index (χ0v) is 23.8. The van der Waals surface area contributed by atoms with Crippen molar-refractivity contribution in [1.29, 1.82) is 0 Å². The fourth-order valence-electron chi connectivity index (χ4n) is 6.34. The molecule has 0 saturated heterocycles. The molecule has 5 rings (SSSR count). The largest absolute Gasteiger partial charge is 0.471 e. The van der Waals surface area contributed by atoms with Crippen LogP contribution in [0.25, 0.3) is 16.4 Å². The number of aryl methyl sites for hydroxylation is 1. The quantitative estimate of drug-likeness (QED) is 0.278. The number of ether oxygens (including phenoxy) is 1. The summed E-state index contributed by atoms with van der Waals surface area (Å²) in [5, 5.41) is 18.1. The molecule has 1 fully saturated rings. The molecular weight excluding hydrogens is 504 g/mol. The fourth-order valence-corrected chi connectivity index (χ4v) is 6.34. The van der Waals surface area contributed by atoms with Gasteiger partial charge in [0, 0.05) is 23.7 Å². The first kappa shape index (κ1) is 28.0. The topological polar surface area (TPSA) is 116 Å². The van der Waals surface area contributed by atoms with Gasteiger partial charge in [-0.1, -0.05) is 37.6 Å². The predicted octanol–water partition coefficient (Wildman–Crippen LogP) is 3.70. The number of pyridine rings is 2. The van der Waals surface area contributed by atoms with Crippen molar-refractivity contribution in [3.05, 3.63) is 66.2 Å². The van der Waals surface area contributed by atoms with Crippen LogP contribution in [0.2, 0.25) is 0 Å². The summed E-state index contributed by atoms with van der Waals surface area (Å²) >= 11 is 0. The van der Waals surface area contributed by atoms with Gasteiger partial charge in [-0.15, -0.1) is 0 Å². The minimum atomic E-state index is -1.60. The molecule has 1 unspecified atom stereocenters. The lowest BCUT2D eigenvalue weighted by Gasteiger charge is -2.49. The second-order valence-corrected chi connectivity index (χ2v) is 11.9. The lowest BCUT2D eigenvalue weighted by atomic mass is 9.71. The molecule has 40 heavy (non-hydrogen) atoms. The Hall–Kier alpha value is -3.56. The van der Waals surface area contributed by atoms with Gasteiger partial charge in [-0.2, -0.15) is 5.10 Å². The van der Waals surface area contributed by atoms with Crippen LogP contribution >= 0.6 is 0 Å². The number of unbranched alkanes of at least 4 members (excludes halogenated alkanes) is 1. The summed E-state index contributed by atoms with van der Waals surface area (Å²) in [5.41, 5.74) is 7.20. The average Bonchev–Trinajstić information content (AvgIpc) is 3.39. The fraction of sp³-hybridized carbons (Fsp3) is 0.484. The van der Waals surface area contributed by atoms with E-state index in [2.05, 4.69) is 29.1 Å². The molecule has 4 aromatic rings. The summed E-state index contributed by atoms with van der Waals surface area (Å²) in [4.78, 5) is 21.8. The first-order valence-corrected chi connectivity index (χ1v) is 14.3. The molecule has 3 aromatic heterocycles. The standard InChI is InChI=1S/C31H40N6O3/c1-4-5-9-25-18-24-8-6-7-10-26(24)29(35-25)40-16-15-37(2,3)27-13-11-22(19-31(27,39)30(32)38)17-23-12-14-28-33-21-34-36(28)20-23/h6-8,10,12,14,18,20-22,27,39H,4-5,9,11,13,15-17,19H2,1-3H3,(H-,32,38)/p+1/t22?,27-,31-/m0/s1. The second kappa shape index (κ2) is 11.5. The van der Waals surface area contributed by atoms with Crippen LogP contribution in [-0.2, 0) is 17.6 Å². The number of carbonyl (C=O) groups excluding carboxylic acids is 1. The van der Waals surface area contributed by atoms with Gasteiger partial charge in [-0.3, -0.25) is 4.79 Å². The number of amides is 1. The number of hydrogen-bond acceptors (Lipinski definition) is 6. The van der Waals surface area contributed by atoms with Crippen LogP contribution in [0.15, 0.2) is 55.0 Å². The average molecular weight is 546 g/mol. The summed E-state index contributed by atoms with van der Waals surface area (Å²) in [7, 11) is 4.09. The highest BCUT2D eigenvalue weighted by Gasteiger charge is 2.54. The molecule has 1 aromatic carbocycles. The molecule has 3 atom stereocenters. The third-order valence-electron chi connectivity index (χ3n) is 8.58. The number of primary amides is 1. The third-order valence-corrected chi connectivity index (χ3v) is 8.58. The molecule has 9 nitrogen and oxygen atoms in total. The van der Waals surface area contributed by atoms with Crippen LogP contribution in [0.4, 0.5) is 0 Å². The van der Waals surface area contributed by atoms with Crippen LogP contribution in [0.1, 0.15) is 50.3 Å². The number of rotatable bonds is 11. The number of nitrogens with zero attached hydrogens (tertiary/aromatic N) is 5. The van der Waals surface area contributed by atoms with Gasteiger partial charge in [0.1, 0.15) is 25.5 Å². The van der Waals surface area contributed by atoms with Crippen molar-refractivity contribution in [2.24, 2.45) is 11.7 Å². The highest BCUT2D eigenvalue weighted by Crippen LogP contribution is 2.39. The van der Waals surface area contributed by atoms with E-state index < -0.39 is 11.5 Å². The number of hydrogen-bond donors (Lipinski definition) is 2. The number of likely N-dealkylation sites (N-methyl/N-ethyl adjacent to an activating group) is 1. The Kier molecular flexibility index (Phi) is 8.05. The molecule has 1 aliphatic carbocycles. The van der Waals surface area contributed by atoms with Gasteiger partial charge in [0.05, 0.1) is 14.1 Å². The Bertz CT molecular complexity index is 1480. The molecule has 1 saturated carbocycles. The first-order chi connectivity index (χ1) is 19.2. The van der Waals surface area contributed by atoms with E-state index in [4.69, 9.17) is 15.5 Å². The van der Waals surface area contributed by atoms with Crippen LogP contribution in [-0.4, -0.2) is 74.0 Å². The first-order valence-electron chi connectivity index (χ1n) is 14.3. The van der Waals surface area contributed by atoms with Crippen molar-refractivity contribution >= 4 is 22.3 Å². The Morgan fingerprint density at radius 3 is 2.85 bits per heavy atom. The van der Waals surface area contributed by atoms with Crippen molar-refractivity contribution in [3.8, 4) is 5.88 Å². The maximum Gasteiger partial charge on any atom is 0.255 e. The zero-order chi connectivity index (χ0) is 28.3. The molecule has 3 heterocycles. The SMILES string of the molecule is CCCCc1cc2ccccc2c(OCC[N+](C)(C)[C@H]2CCC(Cc3ccc4ncnn4c3)C[C@@]2(O)C(N)=O)n1. The third kappa shape index (κ3) is 5.81. The molecule has 3 N–H and O–H groups in total. The summed E-state index contributed by atoms with van der Waals surface area (Å²) in [6.07, 6.45) is 9.25. The Morgan fingerprint density at radius 2 is 2.05 bits per heavy atom. The van der Waals surface area contributed by atoms with E-state index in [0.717, 1.165) is 59.8 Å². The van der Waals surface area contributed by atoms with Crippen LogP contribution in [0.5, 0.6) is 5.88 Å². The van der Waals surface area contributed by atoms with E-state index in [1.165, 1.54) is 6.33 Å². The maximum atomic E-state index is 12.7. The molecule has 0 aliphatic heterocycles. The van der Waals surface area contributed by atoms with Gasteiger partial charge >= 0.3 is 0 Å². The second-order valence-electron chi connectivity index (χ2n) is 11.9. The normalized spacial score (nSPS) is 21.6. The van der Waals surface area contributed by atoms with Crippen LogP contribution in [0.3, 0.4) is 0 Å². The molecule has 0 spiro atoms. The summed E-state index contributed by atoms with van der Waals surface area (Å²) in [6, 6.07) is 13.9. The highest BCUT2D eigenvalue weighted by atomic mass is 16.5. The number of aliphatic hydroxyl groups is 1. The number of carbonyl (C=O) groups is 1. The van der Waals surface area contributed by atoms with Crippen LogP contribution < -0.4 is 10.5 Å². The highest BCUT2D eigenvalue weighted by molar-refractivity contribution is 5.87. The van der Waals surface area contributed by atoms with E-state index in [0.29, 0.717) is 36.4 Å². The van der Waals surface area contributed by atoms with Gasteiger partial charge in [-0.05, 0) is 67.2 Å². The number of fused-ring (bicyclic) bond motifs is 2. The van der Waals surface area contributed by atoms with Crippen molar-refractivity contribution in [2.45, 2.75) is 63.5 Å². The molecule has 9 heteroatoms. The van der Waals surface area contributed by atoms with Crippen molar-refractivity contribution in [3.63, 3.8) is 0 Å². The van der Waals surface area contributed by atoms with Crippen molar-refractivity contribution in [1.82, 2.24) is 19.6 Å². The maximum absolute atomic E-state index is 12.7. The van der Waals surface area contributed by atoms with Crippen LogP contribution in [0, 0.1) is 5.92 Å². The van der Waals surface area contributed by atoms with E-state index >= 15 is 0 Å². The van der Waals surface area contributed by atoms with Gasteiger partial charge in [0.2, 0.25) is 5.88 Å². The summed E-state index contributed by atoms with van der Waals surface area (Å²) < 4.78 is 8.46. The number of nitrogens with two attached hydrogens (primary N) is 1. The van der Waals surface area contributed by atoms with Crippen molar-refractivity contribution < 1.29 is 19.1 Å². The Morgan fingerprint density at radius 1 is 1.23 bits per heavy atom. The van der Waals surface area contributed by atoms with Crippen molar-refractivity contribution in [2.75, 3.05) is 27.2 Å². The van der Waals surface area contributed by atoms with E-state index in [1.807, 2.05) is 50.6 Å². The van der Waals surface area contributed by atoms with Gasteiger partial charge in [0.15, 0.2) is 11.2 Å².